The van der Waals surface area contributed by atoms with Gasteiger partial charge in [-0.15, -0.1) is 0 Å². The molecular formula is C11H21NO3S. The Morgan fingerprint density at radius 2 is 1.81 bits per heavy atom. The quantitative estimate of drug-likeness (QED) is 0.734. The van der Waals surface area contributed by atoms with Crippen molar-refractivity contribution in [1.82, 2.24) is 4.90 Å². The van der Waals surface area contributed by atoms with Crippen LogP contribution in [0.2, 0.25) is 0 Å². The molecule has 1 unspecified atom stereocenters. The summed E-state index contributed by atoms with van der Waals surface area (Å²) in [6, 6.07) is -0.0641. The van der Waals surface area contributed by atoms with E-state index in [1.54, 1.807) is 6.92 Å². The minimum atomic E-state index is -2.79. The van der Waals surface area contributed by atoms with Crippen LogP contribution in [0.4, 0.5) is 0 Å². The van der Waals surface area contributed by atoms with E-state index in [-0.39, 0.29) is 23.3 Å². The standard InChI is InChI=1S/C11H21NO3S/c1-9(13)11(12(2)3)8-10-4-6-16(14,15)7-5-10/h10-11H,4-8H2,1-3H3. The van der Waals surface area contributed by atoms with Crippen molar-refractivity contribution in [2.24, 2.45) is 5.92 Å². The highest BCUT2D eigenvalue weighted by molar-refractivity contribution is 7.91. The lowest BCUT2D eigenvalue weighted by Gasteiger charge is -2.28. The molecule has 5 heteroatoms. The molecule has 0 N–H and O–H groups in total. The molecule has 1 heterocycles. The van der Waals surface area contributed by atoms with Crippen molar-refractivity contribution in [2.45, 2.75) is 32.2 Å². The molecule has 0 aromatic heterocycles. The average Bonchev–Trinajstić information content (AvgIpc) is 2.15. The first-order valence-corrected chi connectivity index (χ1v) is 7.51. The molecule has 0 aromatic carbocycles. The molecule has 0 amide bonds. The molecule has 16 heavy (non-hydrogen) atoms. The van der Waals surface area contributed by atoms with E-state index in [4.69, 9.17) is 0 Å². The molecule has 0 saturated carbocycles. The van der Waals surface area contributed by atoms with Crippen molar-refractivity contribution >= 4 is 15.6 Å². The van der Waals surface area contributed by atoms with E-state index in [1.807, 2.05) is 19.0 Å². The normalized spacial score (nSPS) is 23.2. The van der Waals surface area contributed by atoms with Crippen LogP contribution in [-0.2, 0) is 14.6 Å². The zero-order valence-corrected chi connectivity index (χ0v) is 11.1. The molecule has 1 aliphatic rings. The largest absolute Gasteiger partial charge is 0.300 e. The van der Waals surface area contributed by atoms with E-state index in [2.05, 4.69) is 0 Å². The van der Waals surface area contributed by atoms with Crippen LogP contribution in [0.25, 0.3) is 0 Å². The molecule has 1 fully saturated rings. The van der Waals surface area contributed by atoms with Gasteiger partial charge in [0, 0.05) is 0 Å². The number of hydrogen-bond donors (Lipinski definition) is 0. The number of nitrogens with zero attached hydrogens (tertiary/aromatic N) is 1. The summed E-state index contributed by atoms with van der Waals surface area (Å²) in [5.41, 5.74) is 0. The van der Waals surface area contributed by atoms with Crippen LogP contribution >= 0.6 is 0 Å². The van der Waals surface area contributed by atoms with Crippen molar-refractivity contribution < 1.29 is 13.2 Å². The summed E-state index contributed by atoms with van der Waals surface area (Å²) in [5.74, 6) is 1.11. The van der Waals surface area contributed by atoms with Crippen molar-refractivity contribution in [3.8, 4) is 0 Å². The van der Waals surface area contributed by atoms with Gasteiger partial charge in [-0.25, -0.2) is 8.42 Å². The number of Topliss-reactive ketones (excluding diaryl/α,β-unsaturated/α-hetero) is 1. The highest BCUT2D eigenvalue weighted by Gasteiger charge is 2.28. The molecule has 1 atom stereocenters. The Bertz CT molecular complexity index is 334. The molecule has 1 rings (SSSR count). The Morgan fingerprint density at radius 1 is 1.31 bits per heavy atom. The first kappa shape index (κ1) is 13.6. The lowest BCUT2D eigenvalue weighted by Crippen LogP contribution is -2.37. The number of sulfone groups is 1. The second-order valence-electron chi connectivity index (χ2n) is 4.92. The molecule has 94 valence electrons. The van der Waals surface area contributed by atoms with E-state index in [0.717, 1.165) is 6.42 Å². The predicted octanol–water partition coefficient (Wildman–Crippen LogP) is 0.720. The highest BCUT2D eigenvalue weighted by atomic mass is 32.2. The van der Waals surface area contributed by atoms with Crippen LogP contribution in [0, 0.1) is 5.92 Å². The minimum absolute atomic E-state index is 0.0641. The summed E-state index contributed by atoms with van der Waals surface area (Å²) < 4.78 is 22.5. The molecule has 0 radical (unpaired) electrons. The van der Waals surface area contributed by atoms with Crippen LogP contribution in [0.3, 0.4) is 0 Å². The van der Waals surface area contributed by atoms with Crippen LogP contribution in [0.5, 0.6) is 0 Å². The summed E-state index contributed by atoms with van der Waals surface area (Å²) in [6.45, 7) is 1.60. The van der Waals surface area contributed by atoms with Crippen LogP contribution < -0.4 is 0 Å². The maximum absolute atomic E-state index is 11.4. The Morgan fingerprint density at radius 3 is 2.19 bits per heavy atom. The molecule has 0 aromatic rings. The number of ketones is 1. The summed E-state index contributed by atoms with van der Waals surface area (Å²) in [6.07, 6.45) is 2.21. The fraction of sp³-hybridized carbons (Fsp3) is 0.909. The van der Waals surface area contributed by atoms with Gasteiger partial charge in [-0.3, -0.25) is 9.69 Å². The second-order valence-corrected chi connectivity index (χ2v) is 7.22. The fourth-order valence-electron chi connectivity index (χ4n) is 2.23. The summed E-state index contributed by atoms with van der Waals surface area (Å²) in [5, 5.41) is 0. The van der Waals surface area contributed by atoms with E-state index < -0.39 is 9.84 Å². The molecule has 0 bridgehead atoms. The van der Waals surface area contributed by atoms with E-state index in [1.165, 1.54) is 0 Å². The van der Waals surface area contributed by atoms with Gasteiger partial charge in [0.2, 0.25) is 0 Å². The zero-order chi connectivity index (χ0) is 12.3. The smallest absolute Gasteiger partial charge is 0.150 e. The van der Waals surface area contributed by atoms with Crippen LogP contribution in [0.15, 0.2) is 0 Å². The Balaban J connectivity index is 2.52. The second kappa shape index (κ2) is 5.27. The Kier molecular flexibility index (Phi) is 4.50. The third-order valence-corrected chi connectivity index (χ3v) is 5.04. The van der Waals surface area contributed by atoms with Gasteiger partial charge in [0.05, 0.1) is 17.5 Å². The molecule has 1 saturated heterocycles. The van der Waals surface area contributed by atoms with Gasteiger partial charge in [0.15, 0.2) is 0 Å². The lowest BCUT2D eigenvalue weighted by atomic mass is 9.92. The van der Waals surface area contributed by atoms with Gasteiger partial charge in [0.25, 0.3) is 0 Å². The van der Waals surface area contributed by atoms with Gasteiger partial charge in [0.1, 0.15) is 15.6 Å². The van der Waals surface area contributed by atoms with E-state index >= 15 is 0 Å². The number of rotatable bonds is 4. The fourth-order valence-corrected chi connectivity index (χ4v) is 3.82. The number of carbonyl (C=O) groups is 1. The van der Waals surface area contributed by atoms with Gasteiger partial charge in [-0.05, 0) is 46.2 Å². The SMILES string of the molecule is CC(=O)C(CC1CCS(=O)(=O)CC1)N(C)C. The molecule has 0 aliphatic carbocycles. The van der Waals surface area contributed by atoms with E-state index in [9.17, 15) is 13.2 Å². The monoisotopic (exact) mass is 247 g/mol. The maximum Gasteiger partial charge on any atom is 0.150 e. The summed E-state index contributed by atoms with van der Waals surface area (Å²) in [4.78, 5) is 13.3. The first-order chi connectivity index (χ1) is 7.32. The minimum Gasteiger partial charge on any atom is -0.300 e. The number of likely N-dealkylation sites (N-methyl/N-ethyl adjacent to an activating group) is 1. The van der Waals surface area contributed by atoms with Gasteiger partial charge in [-0.1, -0.05) is 0 Å². The van der Waals surface area contributed by atoms with E-state index in [0.29, 0.717) is 18.8 Å². The average molecular weight is 247 g/mol. The number of carbonyl (C=O) groups excluding carboxylic acids is 1. The third-order valence-electron chi connectivity index (χ3n) is 3.32. The van der Waals surface area contributed by atoms with Crippen LogP contribution in [0.1, 0.15) is 26.2 Å². The van der Waals surface area contributed by atoms with Crippen molar-refractivity contribution in [3.63, 3.8) is 0 Å². The zero-order valence-electron chi connectivity index (χ0n) is 10.3. The Labute approximate surface area is 97.9 Å². The molecule has 0 spiro atoms. The lowest BCUT2D eigenvalue weighted by molar-refractivity contribution is -0.121. The maximum atomic E-state index is 11.4. The van der Waals surface area contributed by atoms with Gasteiger partial charge < -0.3 is 0 Å². The molecular weight excluding hydrogens is 226 g/mol. The topological polar surface area (TPSA) is 54.5 Å². The molecule has 1 aliphatic heterocycles. The van der Waals surface area contributed by atoms with Crippen molar-refractivity contribution in [1.29, 1.82) is 0 Å². The summed E-state index contributed by atoms with van der Waals surface area (Å²) >= 11 is 0. The third kappa shape index (κ3) is 3.87. The molecule has 4 nitrogen and oxygen atoms in total. The van der Waals surface area contributed by atoms with Crippen molar-refractivity contribution in [3.05, 3.63) is 0 Å². The summed E-state index contributed by atoms with van der Waals surface area (Å²) in [7, 11) is 0.998. The van der Waals surface area contributed by atoms with Gasteiger partial charge in [-0.2, -0.15) is 0 Å². The predicted molar refractivity (Wildman–Crippen MR) is 64.2 cm³/mol. The van der Waals surface area contributed by atoms with Crippen molar-refractivity contribution in [2.75, 3.05) is 25.6 Å². The first-order valence-electron chi connectivity index (χ1n) is 5.69. The van der Waals surface area contributed by atoms with Gasteiger partial charge >= 0.3 is 0 Å². The highest BCUT2D eigenvalue weighted by Crippen LogP contribution is 2.24. The number of hydrogen-bond acceptors (Lipinski definition) is 4. The van der Waals surface area contributed by atoms with Crippen LogP contribution in [-0.4, -0.2) is 50.7 Å². The Hall–Kier alpha value is -0.420.